The molecule has 0 fully saturated rings. The van der Waals surface area contributed by atoms with Crippen molar-refractivity contribution in [3.63, 3.8) is 0 Å². The molecule has 2 heteroatoms. The largest absolute Gasteiger partial charge is 0.488 e. The number of hydrogen-bond donors (Lipinski definition) is 1. The third-order valence-corrected chi connectivity index (χ3v) is 4.22. The van der Waals surface area contributed by atoms with Crippen molar-refractivity contribution < 1.29 is 4.74 Å². The van der Waals surface area contributed by atoms with Crippen LogP contribution in [0.4, 0.5) is 0 Å². The van der Waals surface area contributed by atoms with Crippen molar-refractivity contribution in [3.05, 3.63) is 29.3 Å². The quantitative estimate of drug-likeness (QED) is 0.819. The maximum absolute atomic E-state index is 6.07. The van der Waals surface area contributed by atoms with Crippen molar-refractivity contribution in [1.82, 2.24) is 5.32 Å². The van der Waals surface area contributed by atoms with Crippen LogP contribution in [0.15, 0.2) is 18.2 Å². The smallest absolute Gasteiger partial charge is 0.124 e. The molecule has 0 aliphatic carbocycles. The number of rotatable bonds is 6. The molecule has 2 nitrogen and oxygen atoms in total. The Balaban J connectivity index is 2.26. The standard InChI is InChI=1S/C17H27NO/c1-5-10-18-17-14-11-13(12(4)6-2)8-9-16(14)19-15(17)7-3/h8-9,11-12,15,17-18H,5-7,10H2,1-4H3. The van der Waals surface area contributed by atoms with E-state index in [9.17, 15) is 0 Å². The second kappa shape index (κ2) is 6.42. The fraction of sp³-hybridized carbons (Fsp3) is 0.647. The van der Waals surface area contributed by atoms with Gasteiger partial charge in [-0.25, -0.2) is 0 Å². The average Bonchev–Trinajstić information content (AvgIpc) is 2.80. The lowest BCUT2D eigenvalue weighted by Crippen LogP contribution is -2.31. The van der Waals surface area contributed by atoms with Crippen LogP contribution in [0.2, 0.25) is 0 Å². The number of hydrogen-bond acceptors (Lipinski definition) is 2. The second-order valence-electron chi connectivity index (χ2n) is 5.60. The van der Waals surface area contributed by atoms with Gasteiger partial charge in [-0.1, -0.05) is 39.8 Å². The van der Waals surface area contributed by atoms with E-state index in [1.807, 2.05) is 0 Å². The van der Waals surface area contributed by atoms with Gasteiger partial charge in [0.15, 0.2) is 0 Å². The summed E-state index contributed by atoms with van der Waals surface area (Å²) in [6.45, 7) is 10.0. The SMILES string of the molecule is CCCNC1c2cc(C(C)CC)ccc2OC1CC. The first kappa shape index (κ1) is 14.4. The van der Waals surface area contributed by atoms with Crippen molar-refractivity contribution >= 4 is 0 Å². The molecule has 1 aromatic rings. The van der Waals surface area contributed by atoms with Crippen LogP contribution < -0.4 is 10.1 Å². The topological polar surface area (TPSA) is 21.3 Å². The van der Waals surface area contributed by atoms with Crippen LogP contribution in [-0.4, -0.2) is 12.6 Å². The number of ether oxygens (including phenoxy) is 1. The zero-order valence-electron chi connectivity index (χ0n) is 12.7. The Kier molecular flexibility index (Phi) is 4.87. The first-order valence-corrected chi connectivity index (χ1v) is 7.75. The van der Waals surface area contributed by atoms with E-state index in [4.69, 9.17) is 4.74 Å². The van der Waals surface area contributed by atoms with Crippen molar-refractivity contribution in [1.29, 1.82) is 0 Å². The highest BCUT2D eigenvalue weighted by atomic mass is 16.5. The highest BCUT2D eigenvalue weighted by Gasteiger charge is 2.32. The molecular formula is C17H27NO. The highest BCUT2D eigenvalue weighted by molar-refractivity contribution is 5.44. The van der Waals surface area contributed by atoms with Gasteiger partial charge in [0, 0.05) is 5.56 Å². The third kappa shape index (κ3) is 2.94. The molecule has 1 N–H and O–H groups in total. The molecule has 1 aliphatic heterocycles. The minimum atomic E-state index is 0.286. The number of nitrogens with one attached hydrogen (secondary N) is 1. The molecule has 0 radical (unpaired) electrons. The van der Waals surface area contributed by atoms with Gasteiger partial charge in [0.2, 0.25) is 0 Å². The van der Waals surface area contributed by atoms with E-state index in [2.05, 4.69) is 51.2 Å². The van der Waals surface area contributed by atoms with Crippen molar-refractivity contribution in [2.75, 3.05) is 6.54 Å². The third-order valence-electron chi connectivity index (χ3n) is 4.22. The lowest BCUT2D eigenvalue weighted by Gasteiger charge is -2.19. The van der Waals surface area contributed by atoms with Crippen molar-refractivity contribution in [2.45, 2.75) is 65.0 Å². The molecule has 1 aromatic carbocycles. The molecule has 0 aromatic heterocycles. The van der Waals surface area contributed by atoms with Gasteiger partial charge >= 0.3 is 0 Å². The summed E-state index contributed by atoms with van der Waals surface area (Å²) in [5.74, 6) is 1.70. The van der Waals surface area contributed by atoms with Crippen LogP contribution in [0.3, 0.4) is 0 Å². The molecule has 0 saturated heterocycles. The Morgan fingerprint density at radius 2 is 2.05 bits per heavy atom. The summed E-state index contributed by atoms with van der Waals surface area (Å²) in [4.78, 5) is 0. The molecule has 1 heterocycles. The number of fused-ring (bicyclic) bond motifs is 1. The van der Waals surface area contributed by atoms with E-state index in [-0.39, 0.29) is 6.10 Å². The predicted octanol–water partition coefficient (Wildman–Crippen LogP) is 4.41. The van der Waals surface area contributed by atoms with Gasteiger partial charge in [-0.15, -0.1) is 0 Å². The summed E-state index contributed by atoms with van der Waals surface area (Å²) >= 11 is 0. The highest BCUT2D eigenvalue weighted by Crippen LogP contribution is 2.39. The monoisotopic (exact) mass is 261 g/mol. The summed E-state index contributed by atoms with van der Waals surface area (Å²) < 4.78 is 6.07. The van der Waals surface area contributed by atoms with Crippen LogP contribution in [0.25, 0.3) is 0 Å². The van der Waals surface area contributed by atoms with E-state index >= 15 is 0 Å². The van der Waals surface area contributed by atoms with Crippen molar-refractivity contribution in [2.24, 2.45) is 0 Å². The molecule has 0 saturated carbocycles. The van der Waals surface area contributed by atoms with E-state index in [1.54, 1.807) is 0 Å². The molecule has 106 valence electrons. The van der Waals surface area contributed by atoms with Gasteiger partial charge in [-0.3, -0.25) is 0 Å². The van der Waals surface area contributed by atoms with Crippen LogP contribution >= 0.6 is 0 Å². The normalized spacial score (nSPS) is 22.9. The fourth-order valence-electron chi connectivity index (χ4n) is 2.75. The van der Waals surface area contributed by atoms with Gasteiger partial charge in [0.05, 0.1) is 6.04 Å². The summed E-state index contributed by atoms with van der Waals surface area (Å²) in [7, 11) is 0. The summed E-state index contributed by atoms with van der Waals surface area (Å²) in [6.07, 6.45) is 3.68. The second-order valence-corrected chi connectivity index (χ2v) is 5.60. The zero-order valence-corrected chi connectivity index (χ0v) is 12.7. The average molecular weight is 261 g/mol. The van der Waals surface area contributed by atoms with Crippen LogP contribution in [-0.2, 0) is 0 Å². The molecule has 1 aliphatic rings. The maximum Gasteiger partial charge on any atom is 0.124 e. The Morgan fingerprint density at radius 3 is 2.68 bits per heavy atom. The van der Waals surface area contributed by atoms with Gasteiger partial charge in [-0.05, 0) is 43.4 Å². The molecule has 19 heavy (non-hydrogen) atoms. The lowest BCUT2D eigenvalue weighted by atomic mass is 9.93. The lowest BCUT2D eigenvalue weighted by molar-refractivity contribution is 0.185. The predicted molar refractivity (Wildman–Crippen MR) is 80.9 cm³/mol. The van der Waals surface area contributed by atoms with Crippen LogP contribution in [0.5, 0.6) is 5.75 Å². The Bertz CT molecular complexity index is 416. The van der Waals surface area contributed by atoms with Crippen LogP contribution in [0.1, 0.15) is 70.0 Å². The molecule has 0 spiro atoms. The van der Waals surface area contributed by atoms with E-state index in [0.717, 1.165) is 25.1 Å². The van der Waals surface area contributed by atoms with Crippen molar-refractivity contribution in [3.8, 4) is 5.75 Å². The summed E-state index contributed by atoms with van der Waals surface area (Å²) in [6, 6.07) is 7.10. The minimum absolute atomic E-state index is 0.286. The minimum Gasteiger partial charge on any atom is -0.488 e. The van der Waals surface area contributed by atoms with Gasteiger partial charge in [0.1, 0.15) is 11.9 Å². The molecule has 2 rings (SSSR count). The van der Waals surface area contributed by atoms with Gasteiger partial charge in [0.25, 0.3) is 0 Å². The molecule has 0 amide bonds. The fourth-order valence-corrected chi connectivity index (χ4v) is 2.75. The van der Waals surface area contributed by atoms with E-state index < -0.39 is 0 Å². The first-order chi connectivity index (χ1) is 9.21. The zero-order chi connectivity index (χ0) is 13.8. The summed E-state index contributed by atoms with van der Waals surface area (Å²) in [5.41, 5.74) is 2.79. The molecule has 3 unspecified atom stereocenters. The first-order valence-electron chi connectivity index (χ1n) is 7.75. The summed E-state index contributed by atoms with van der Waals surface area (Å²) in [5, 5.41) is 3.65. The van der Waals surface area contributed by atoms with Gasteiger partial charge < -0.3 is 10.1 Å². The Hall–Kier alpha value is -1.02. The van der Waals surface area contributed by atoms with Crippen LogP contribution in [0, 0.1) is 0 Å². The van der Waals surface area contributed by atoms with Gasteiger partial charge in [-0.2, -0.15) is 0 Å². The van der Waals surface area contributed by atoms with E-state index in [0.29, 0.717) is 12.0 Å². The molecular weight excluding hydrogens is 234 g/mol. The molecule has 0 bridgehead atoms. The Labute approximate surface area is 117 Å². The molecule has 3 atom stereocenters. The Morgan fingerprint density at radius 1 is 1.26 bits per heavy atom. The maximum atomic E-state index is 6.07. The number of benzene rings is 1. The van der Waals surface area contributed by atoms with E-state index in [1.165, 1.54) is 17.5 Å².